The van der Waals surface area contributed by atoms with Gasteiger partial charge in [-0.15, -0.1) is 0 Å². The molecule has 2 aromatic heterocycles. The third-order valence-corrected chi connectivity index (χ3v) is 4.43. The number of rotatable bonds is 1. The smallest absolute Gasteiger partial charge is 0.163 e. The highest BCUT2D eigenvalue weighted by Crippen LogP contribution is 2.44. The molecule has 1 saturated carbocycles. The van der Waals surface area contributed by atoms with Crippen LogP contribution in [0.25, 0.3) is 11.0 Å². The molecule has 0 unspecified atom stereocenters. The quantitative estimate of drug-likeness (QED) is 0.759. The van der Waals surface area contributed by atoms with E-state index in [-0.39, 0.29) is 18.2 Å². The monoisotopic (exact) mass is 293 g/mol. The lowest BCUT2D eigenvalue weighted by molar-refractivity contribution is -0.155. The molecule has 1 aliphatic heterocycles. The summed E-state index contributed by atoms with van der Waals surface area (Å²) in [5.41, 5.74) is 1.75. The normalized spacial score (nSPS) is 31.9. The number of aromatic nitrogens is 3. The van der Waals surface area contributed by atoms with Crippen LogP contribution in [0.15, 0.2) is 18.6 Å². The van der Waals surface area contributed by atoms with Gasteiger partial charge in [0.1, 0.15) is 11.6 Å². The highest BCUT2D eigenvalue weighted by Gasteiger charge is 2.49. The highest BCUT2D eigenvalue weighted by atomic mass is 35.5. The van der Waals surface area contributed by atoms with E-state index in [2.05, 4.69) is 14.5 Å². The van der Waals surface area contributed by atoms with E-state index in [1.165, 1.54) is 0 Å². The minimum Gasteiger partial charge on any atom is -0.344 e. The lowest BCUT2D eigenvalue weighted by Crippen LogP contribution is -2.27. The van der Waals surface area contributed by atoms with E-state index in [9.17, 15) is 0 Å². The molecule has 20 heavy (non-hydrogen) atoms. The number of imidazole rings is 1. The minimum absolute atomic E-state index is 0.0781. The van der Waals surface area contributed by atoms with Crippen LogP contribution in [0.2, 0.25) is 5.15 Å². The van der Waals surface area contributed by atoms with Gasteiger partial charge in [0.2, 0.25) is 0 Å². The Morgan fingerprint density at radius 2 is 2.15 bits per heavy atom. The summed E-state index contributed by atoms with van der Waals surface area (Å²) < 4.78 is 14.2. The third-order valence-electron chi connectivity index (χ3n) is 4.15. The summed E-state index contributed by atoms with van der Waals surface area (Å²) in [6.45, 7) is 3.93. The zero-order valence-corrected chi connectivity index (χ0v) is 12.2. The summed E-state index contributed by atoms with van der Waals surface area (Å²) >= 11 is 6.09. The maximum atomic E-state index is 6.09. The molecule has 1 aliphatic carbocycles. The predicted molar refractivity (Wildman–Crippen MR) is 74.6 cm³/mol. The fourth-order valence-electron chi connectivity index (χ4n) is 3.40. The van der Waals surface area contributed by atoms with Crippen molar-refractivity contribution < 1.29 is 9.47 Å². The molecule has 3 heterocycles. The van der Waals surface area contributed by atoms with Crippen LogP contribution >= 0.6 is 11.6 Å². The van der Waals surface area contributed by atoms with Crippen LogP contribution in [-0.2, 0) is 9.47 Å². The molecule has 0 bridgehead atoms. The molecule has 2 aliphatic rings. The van der Waals surface area contributed by atoms with Gasteiger partial charge in [-0.1, -0.05) is 11.6 Å². The molecule has 5 nitrogen and oxygen atoms in total. The summed E-state index contributed by atoms with van der Waals surface area (Å²) in [5, 5.41) is 0.444. The van der Waals surface area contributed by atoms with Gasteiger partial charge in [0.15, 0.2) is 10.9 Å². The van der Waals surface area contributed by atoms with Crippen LogP contribution in [0.1, 0.15) is 32.7 Å². The van der Waals surface area contributed by atoms with Crippen molar-refractivity contribution in [2.24, 2.45) is 0 Å². The van der Waals surface area contributed by atoms with Crippen molar-refractivity contribution in [3.8, 4) is 0 Å². The molecule has 6 heteroatoms. The summed E-state index contributed by atoms with van der Waals surface area (Å²) in [6.07, 6.45) is 5.83. The number of hydrogen-bond donors (Lipinski definition) is 0. The van der Waals surface area contributed by atoms with E-state index in [1.807, 2.05) is 26.2 Å². The first kappa shape index (κ1) is 12.6. The molecule has 0 radical (unpaired) electrons. The number of pyridine rings is 1. The van der Waals surface area contributed by atoms with Crippen molar-refractivity contribution in [3.63, 3.8) is 0 Å². The lowest BCUT2D eigenvalue weighted by Gasteiger charge is -2.23. The molecule has 2 fully saturated rings. The molecule has 0 N–H and O–H groups in total. The fourth-order valence-corrected chi connectivity index (χ4v) is 3.60. The Kier molecular flexibility index (Phi) is 2.61. The first-order valence-corrected chi connectivity index (χ1v) is 7.26. The summed E-state index contributed by atoms with van der Waals surface area (Å²) in [7, 11) is 0. The van der Waals surface area contributed by atoms with Crippen LogP contribution in [0, 0.1) is 0 Å². The molecule has 0 aromatic carbocycles. The molecule has 0 amide bonds. The number of fused-ring (bicyclic) bond motifs is 2. The summed E-state index contributed by atoms with van der Waals surface area (Å²) in [5.74, 6) is -0.496. The largest absolute Gasteiger partial charge is 0.344 e. The molecular weight excluding hydrogens is 278 g/mol. The van der Waals surface area contributed by atoms with Gasteiger partial charge >= 0.3 is 0 Å². The minimum atomic E-state index is -0.496. The molecule has 3 atom stereocenters. The molecular formula is C14H16ClN3O2. The second-order valence-electron chi connectivity index (χ2n) is 5.90. The maximum absolute atomic E-state index is 6.09. The van der Waals surface area contributed by atoms with Crippen LogP contribution in [0.4, 0.5) is 0 Å². The Labute approximate surface area is 121 Å². The first-order valence-electron chi connectivity index (χ1n) is 6.88. The zero-order chi connectivity index (χ0) is 13.9. The van der Waals surface area contributed by atoms with Crippen LogP contribution in [0.5, 0.6) is 0 Å². The van der Waals surface area contributed by atoms with E-state index in [0.717, 1.165) is 23.9 Å². The standard InChI is InChI=1S/C14H16ClN3O2/c1-14(2)19-10-4-3-9(12(10)20-14)18-7-17-11-8(18)5-6-16-13(11)15/h5-7,9-10,12H,3-4H2,1-2H3/t9-,10+,12-/m0/s1. The van der Waals surface area contributed by atoms with Gasteiger partial charge in [-0.2, -0.15) is 0 Å². The van der Waals surface area contributed by atoms with Crippen molar-refractivity contribution >= 4 is 22.6 Å². The first-order chi connectivity index (χ1) is 9.55. The predicted octanol–water partition coefficient (Wildman–Crippen LogP) is 2.94. The topological polar surface area (TPSA) is 49.2 Å². The molecule has 0 spiro atoms. The van der Waals surface area contributed by atoms with Crippen molar-refractivity contribution in [3.05, 3.63) is 23.7 Å². The van der Waals surface area contributed by atoms with Gasteiger partial charge in [0.25, 0.3) is 0 Å². The van der Waals surface area contributed by atoms with Crippen molar-refractivity contribution in [2.75, 3.05) is 0 Å². The second kappa shape index (κ2) is 4.16. The lowest BCUT2D eigenvalue weighted by atomic mass is 10.2. The number of hydrogen-bond acceptors (Lipinski definition) is 4. The zero-order valence-electron chi connectivity index (χ0n) is 11.4. The Hall–Kier alpha value is -1.17. The number of nitrogens with zero attached hydrogens (tertiary/aromatic N) is 3. The van der Waals surface area contributed by atoms with Crippen LogP contribution in [0.3, 0.4) is 0 Å². The molecule has 2 aromatic rings. The van der Waals surface area contributed by atoms with Gasteiger partial charge in [-0.25, -0.2) is 9.97 Å². The number of ether oxygens (including phenoxy) is 2. The summed E-state index contributed by atoms with van der Waals surface area (Å²) in [4.78, 5) is 8.46. The van der Waals surface area contributed by atoms with Gasteiger partial charge in [-0.05, 0) is 32.8 Å². The van der Waals surface area contributed by atoms with E-state index in [0.29, 0.717) is 5.15 Å². The highest BCUT2D eigenvalue weighted by molar-refractivity contribution is 6.33. The second-order valence-corrected chi connectivity index (χ2v) is 6.26. The average Bonchev–Trinajstić information content (AvgIpc) is 3.01. The average molecular weight is 294 g/mol. The number of halogens is 1. The van der Waals surface area contributed by atoms with Gasteiger partial charge in [0.05, 0.1) is 24.0 Å². The van der Waals surface area contributed by atoms with Crippen molar-refractivity contribution in [1.82, 2.24) is 14.5 Å². The van der Waals surface area contributed by atoms with Crippen LogP contribution in [-0.4, -0.2) is 32.5 Å². The fraction of sp³-hybridized carbons (Fsp3) is 0.571. The Bertz CT molecular complexity index is 669. The molecule has 1 saturated heterocycles. The van der Waals surface area contributed by atoms with Gasteiger partial charge in [-0.3, -0.25) is 0 Å². The van der Waals surface area contributed by atoms with Crippen molar-refractivity contribution in [1.29, 1.82) is 0 Å². The van der Waals surface area contributed by atoms with Gasteiger partial charge < -0.3 is 14.0 Å². The Balaban J connectivity index is 1.75. The van der Waals surface area contributed by atoms with Crippen LogP contribution < -0.4 is 0 Å². The van der Waals surface area contributed by atoms with E-state index < -0.39 is 5.79 Å². The van der Waals surface area contributed by atoms with Crippen molar-refractivity contribution in [2.45, 2.75) is 50.7 Å². The maximum Gasteiger partial charge on any atom is 0.163 e. The molecule has 106 valence electrons. The van der Waals surface area contributed by atoms with E-state index >= 15 is 0 Å². The van der Waals surface area contributed by atoms with E-state index in [1.54, 1.807) is 6.20 Å². The Morgan fingerprint density at radius 1 is 1.30 bits per heavy atom. The third kappa shape index (κ3) is 1.77. The van der Waals surface area contributed by atoms with Gasteiger partial charge in [0, 0.05) is 6.20 Å². The summed E-state index contributed by atoms with van der Waals surface area (Å²) in [6, 6.07) is 2.19. The molecule has 4 rings (SSSR count). The SMILES string of the molecule is CC1(C)O[C@@H]2[C@@H](CC[C@@H]2n2cnc3c(Cl)nccc32)O1. The Morgan fingerprint density at radius 3 is 3.00 bits per heavy atom. The van der Waals surface area contributed by atoms with E-state index in [4.69, 9.17) is 21.1 Å².